The number of carbonyl (C=O) groups is 1. The van der Waals surface area contributed by atoms with Gasteiger partial charge in [-0.25, -0.2) is 9.48 Å². The van der Waals surface area contributed by atoms with Gasteiger partial charge in [-0.3, -0.25) is 0 Å². The lowest BCUT2D eigenvalue weighted by molar-refractivity contribution is 0.0697. The summed E-state index contributed by atoms with van der Waals surface area (Å²) < 4.78 is 6.93. The predicted octanol–water partition coefficient (Wildman–Crippen LogP) is 2.59. The number of methoxy groups -OCH3 is 1. The summed E-state index contributed by atoms with van der Waals surface area (Å²) in [6.45, 7) is 0.395. The zero-order chi connectivity index (χ0) is 16.9. The number of ether oxygens (including phenoxy) is 1. The number of anilines is 1. The van der Waals surface area contributed by atoms with Crippen molar-refractivity contribution in [1.29, 1.82) is 0 Å². The highest BCUT2D eigenvalue weighted by molar-refractivity contribution is 5.89. The average Bonchev–Trinajstić information content (AvgIpc) is 3.09. The lowest BCUT2D eigenvalue weighted by atomic mass is 10.2. The van der Waals surface area contributed by atoms with Gasteiger partial charge >= 0.3 is 5.97 Å². The fourth-order valence-electron chi connectivity index (χ4n) is 2.25. The van der Waals surface area contributed by atoms with Crippen molar-refractivity contribution in [2.45, 2.75) is 6.54 Å². The van der Waals surface area contributed by atoms with Crippen LogP contribution in [0, 0.1) is 0 Å². The van der Waals surface area contributed by atoms with E-state index in [0.29, 0.717) is 18.0 Å². The van der Waals surface area contributed by atoms with Crippen molar-refractivity contribution >= 4 is 11.7 Å². The molecule has 7 nitrogen and oxygen atoms in total. The second-order valence-corrected chi connectivity index (χ2v) is 5.06. The number of rotatable bonds is 6. The zero-order valence-electron chi connectivity index (χ0n) is 13.0. The number of aromatic nitrogens is 3. The molecule has 0 radical (unpaired) electrons. The molecule has 2 N–H and O–H groups in total. The fraction of sp³-hybridized carbons (Fsp3) is 0.118. The van der Waals surface area contributed by atoms with Gasteiger partial charge in [0.05, 0.1) is 36.8 Å². The highest BCUT2D eigenvalue weighted by Crippen LogP contribution is 2.26. The van der Waals surface area contributed by atoms with Crippen LogP contribution in [0.2, 0.25) is 0 Å². The van der Waals surface area contributed by atoms with E-state index in [-0.39, 0.29) is 5.56 Å². The molecule has 0 saturated carbocycles. The second kappa shape index (κ2) is 6.82. The van der Waals surface area contributed by atoms with E-state index in [9.17, 15) is 4.79 Å². The summed E-state index contributed by atoms with van der Waals surface area (Å²) in [6.07, 6.45) is 1.82. The lowest BCUT2D eigenvalue weighted by Gasteiger charge is -2.10. The summed E-state index contributed by atoms with van der Waals surface area (Å²) >= 11 is 0. The van der Waals surface area contributed by atoms with Gasteiger partial charge in [0.15, 0.2) is 0 Å². The number of nitrogens with zero attached hydrogens (tertiary/aromatic N) is 3. The monoisotopic (exact) mass is 324 g/mol. The van der Waals surface area contributed by atoms with E-state index in [0.717, 1.165) is 11.4 Å². The van der Waals surface area contributed by atoms with Crippen molar-refractivity contribution in [3.63, 3.8) is 0 Å². The van der Waals surface area contributed by atoms with Gasteiger partial charge < -0.3 is 15.2 Å². The summed E-state index contributed by atoms with van der Waals surface area (Å²) in [7, 11) is 1.53. The Morgan fingerprint density at radius 1 is 1.25 bits per heavy atom. The molecule has 122 valence electrons. The molecule has 1 aromatic heterocycles. The Hall–Kier alpha value is -3.35. The quantitative estimate of drug-likeness (QED) is 0.724. The number of benzene rings is 2. The van der Waals surface area contributed by atoms with Gasteiger partial charge in [-0.05, 0) is 30.3 Å². The third kappa shape index (κ3) is 3.35. The maximum Gasteiger partial charge on any atom is 0.335 e. The third-order valence-corrected chi connectivity index (χ3v) is 3.47. The van der Waals surface area contributed by atoms with Gasteiger partial charge in [0.1, 0.15) is 11.4 Å². The van der Waals surface area contributed by atoms with Gasteiger partial charge in [-0.2, -0.15) is 0 Å². The van der Waals surface area contributed by atoms with Crippen LogP contribution in [0.4, 0.5) is 5.69 Å². The molecule has 0 aliphatic carbocycles. The number of carboxylic acids is 1. The molecule has 0 fully saturated rings. The summed E-state index contributed by atoms with van der Waals surface area (Å²) in [5.74, 6) is -0.425. The van der Waals surface area contributed by atoms with Crippen LogP contribution in [0.5, 0.6) is 5.75 Å². The molecule has 24 heavy (non-hydrogen) atoms. The molecule has 0 spiro atoms. The molecule has 0 atom stereocenters. The number of hydrogen-bond acceptors (Lipinski definition) is 5. The molecule has 0 aliphatic heterocycles. The van der Waals surface area contributed by atoms with E-state index in [1.54, 1.807) is 10.7 Å². The number of carboxylic acid groups (broad SMARTS) is 1. The maximum absolute atomic E-state index is 11.1. The van der Waals surface area contributed by atoms with Gasteiger partial charge in [0.2, 0.25) is 0 Å². The van der Waals surface area contributed by atoms with Gasteiger partial charge in [-0.1, -0.05) is 23.4 Å². The normalized spacial score (nSPS) is 10.4. The number of hydrogen-bond donors (Lipinski definition) is 2. The molecule has 3 aromatic rings. The first kappa shape index (κ1) is 15.5. The van der Waals surface area contributed by atoms with Crippen molar-refractivity contribution in [3.05, 3.63) is 66.0 Å². The Morgan fingerprint density at radius 3 is 2.75 bits per heavy atom. The van der Waals surface area contributed by atoms with Crippen LogP contribution in [0.15, 0.2) is 54.7 Å². The minimum atomic E-state index is -0.990. The topological polar surface area (TPSA) is 89.3 Å². The number of nitrogens with one attached hydrogen (secondary N) is 1. The summed E-state index contributed by atoms with van der Waals surface area (Å²) in [4.78, 5) is 11.1. The standard InChI is InChI=1S/C17H16N4O3/c1-24-16-8-7-12(17(22)23)9-15(16)18-10-13-11-21(20-19-13)14-5-3-2-4-6-14/h2-9,11,18H,10H2,1H3,(H,22,23). The minimum Gasteiger partial charge on any atom is -0.495 e. The van der Waals surface area contributed by atoms with Crippen LogP contribution in [0.1, 0.15) is 16.1 Å². The van der Waals surface area contributed by atoms with Crippen molar-refractivity contribution in [2.24, 2.45) is 0 Å². The predicted molar refractivity (Wildman–Crippen MR) is 88.6 cm³/mol. The molecule has 0 amide bonds. The largest absolute Gasteiger partial charge is 0.495 e. The molecule has 7 heteroatoms. The van der Waals surface area contributed by atoms with Crippen molar-refractivity contribution in [1.82, 2.24) is 15.0 Å². The fourth-order valence-corrected chi connectivity index (χ4v) is 2.25. The van der Waals surface area contributed by atoms with E-state index in [1.165, 1.54) is 19.2 Å². The minimum absolute atomic E-state index is 0.186. The van der Waals surface area contributed by atoms with Crippen molar-refractivity contribution in [2.75, 3.05) is 12.4 Å². The second-order valence-electron chi connectivity index (χ2n) is 5.06. The highest BCUT2D eigenvalue weighted by atomic mass is 16.5. The van der Waals surface area contributed by atoms with Gasteiger partial charge in [0.25, 0.3) is 0 Å². The van der Waals surface area contributed by atoms with Crippen LogP contribution in [-0.4, -0.2) is 33.2 Å². The van der Waals surface area contributed by atoms with E-state index in [4.69, 9.17) is 9.84 Å². The van der Waals surface area contributed by atoms with Crippen molar-refractivity contribution < 1.29 is 14.6 Å². The van der Waals surface area contributed by atoms with Crippen molar-refractivity contribution in [3.8, 4) is 11.4 Å². The summed E-state index contributed by atoms with van der Waals surface area (Å²) in [5.41, 5.74) is 2.42. The number of aromatic carboxylic acids is 1. The molecule has 3 rings (SSSR count). The van der Waals surface area contributed by atoms with Crippen LogP contribution >= 0.6 is 0 Å². The Bertz CT molecular complexity index is 846. The van der Waals surface area contributed by atoms with Gasteiger partial charge in [-0.15, -0.1) is 5.10 Å². The summed E-state index contributed by atoms with van der Waals surface area (Å²) in [6, 6.07) is 14.3. The average molecular weight is 324 g/mol. The Kier molecular flexibility index (Phi) is 4.42. The van der Waals surface area contributed by atoms with Crippen LogP contribution in [-0.2, 0) is 6.54 Å². The van der Waals surface area contributed by atoms with Crippen LogP contribution < -0.4 is 10.1 Å². The highest BCUT2D eigenvalue weighted by Gasteiger charge is 2.10. The Labute approximate surface area is 138 Å². The van der Waals surface area contributed by atoms with E-state index < -0.39 is 5.97 Å². The molecular weight excluding hydrogens is 308 g/mol. The molecule has 2 aromatic carbocycles. The first-order chi connectivity index (χ1) is 11.7. The third-order valence-electron chi connectivity index (χ3n) is 3.47. The molecule has 1 heterocycles. The molecule has 0 bridgehead atoms. The summed E-state index contributed by atoms with van der Waals surface area (Å²) in [5, 5.41) is 20.4. The van der Waals surface area contributed by atoms with E-state index in [2.05, 4.69) is 15.6 Å². The lowest BCUT2D eigenvalue weighted by Crippen LogP contribution is -2.04. The first-order valence-electron chi connectivity index (χ1n) is 7.29. The molecule has 0 aliphatic rings. The Morgan fingerprint density at radius 2 is 2.04 bits per heavy atom. The maximum atomic E-state index is 11.1. The van der Waals surface area contributed by atoms with E-state index in [1.807, 2.05) is 36.5 Å². The SMILES string of the molecule is COc1ccc(C(=O)O)cc1NCc1cn(-c2ccccc2)nn1. The van der Waals surface area contributed by atoms with Gasteiger partial charge in [0, 0.05) is 0 Å². The molecular formula is C17H16N4O3. The zero-order valence-corrected chi connectivity index (χ0v) is 13.0. The first-order valence-corrected chi connectivity index (χ1v) is 7.29. The van der Waals surface area contributed by atoms with Crippen LogP contribution in [0.3, 0.4) is 0 Å². The van der Waals surface area contributed by atoms with E-state index >= 15 is 0 Å². The smallest absolute Gasteiger partial charge is 0.335 e. The molecule has 0 unspecified atom stereocenters. The number of para-hydroxylation sites is 1. The van der Waals surface area contributed by atoms with Crippen LogP contribution in [0.25, 0.3) is 5.69 Å². The molecule has 0 saturated heterocycles. The Balaban J connectivity index is 1.75.